The van der Waals surface area contributed by atoms with Crippen molar-refractivity contribution >= 4 is 16.7 Å². The predicted octanol–water partition coefficient (Wildman–Crippen LogP) is 1.81. The lowest BCUT2D eigenvalue weighted by atomic mass is 9.60. The van der Waals surface area contributed by atoms with E-state index in [-0.39, 0.29) is 5.69 Å². The topological polar surface area (TPSA) is 61.9 Å². The highest BCUT2D eigenvalue weighted by atomic mass is 16.1. The molecular weight excluding hydrogens is 264 g/mol. The van der Waals surface area contributed by atoms with Crippen molar-refractivity contribution in [3.63, 3.8) is 0 Å². The number of aryl methyl sites for hydroxylation is 1. The third-order valence-corrected chi connectivity index (χ3v) is 5.30. The van der Waals surface area contributed by atoms with E-state index in [1.807, 2.05) is 19.2 Å². The van der Waals surface area contributed by atoms with Gasteiger partial charge in [-0.15, -0.1) is 0 Å². The van der Waals surface area contributed by atoms with E-state index < -0.39 is 0 Å². The summed E-state index contributed by atoms with van der Waals surface area (Å²) in [7, 11) is 1.82. The van der Waals surface area contributed by atoms with E-state index in [9.17, 15) is 4.79 Å². The van der Waals surface area contributed by atoms with Gasteiger partial charge in [-0.25, -0.2) is 4.79 Å². The molecule has 5 nitrogen and oxygen atoms in total. The van der Waals surface area contributed by atoms with Crippen molar-refractivity contribution in [1.29, 1.82) is 0 Å². The summed E-state index contributed by atoms with van der Waals surface area (Å²) in [6.45, 7) is 2.32. The van der Waals surface area contributed by atoms with Crippen molar-refractivity contribution in [3.05, 3.63) is 28.7 Å². The number of piperidine rings is 1. The van der Waals surface area contributed by atoms with Gasteiger partial charge in [0.2, 0.25) is 0 Å². The lowest BCUT2D eigenvalue weighted by molar-refractivity contribution is 0.0719. The summed E-state index contributed by atoms with van der Waals surface area (Å²) in [5.74, 6) is 0. The van der Waals surface area contributed by atoms with Crippen molar-refractivity contribution in [2.24, 2.45) is 12.5 Å². The number of anilines is 1. The smallest absolute Gasteiger partial charge is 0.326 e. The van der Waals surface area contributed by atoms with Crippen LogP contribution in [0.5, 0.6) is 0 Å². The molecule has 0 bridgehead atoms. The average Bonchev–Trinajstić information content (AvgIpc) is 2.75. The number of nitrogens with zero attached hydrogens (tertiary/aromatic N) is 1. The van der Waals surface area contributed by atoms with Crippen LogP contribution in [0.2, 0.25) is 0 Å². The molecule has 1 aliphatic heterocycles. The Balaban J connectivity index is 1.55. The molecule has 2 heterocycles. The first-order valence-corrected chi connectivity index (χ1v) is 7.82. The quantitative estimate of drug-likeness (QED) is 0.789. The molecule has 0 amide bonds. The van der Waals surface area contributed by atoms with Crippen LogP contribution >= 0.6 is 0 Å². The Morgan fingerprint density at radius 2 is 2.05 bits per heavy atom. The molecule has 3 N–H and O–H groups in total. The Labute approximate surface area is 123 Å². The average molecular weight is 286 g/mol. The van der Waals surface area contributed by atoms with E-state index in [0.717, 1.165) is 29.8 Å². The van der Waals surface area contributed by atoms with Crippen LogP contribution in [0, 0.1) is 5.41 Å². The first-order chi connectivity index (χ1) is 10.2. The third kappa shape index (κ3) is 2.07. The first kappa shape index (κ1) is 13.0. The van der Waals surface area contributed by atoms with Gasteiger partial charge in [-0.1, -0.05) is 6.07 Å². The fraction of sp³-hybridized carbons (Fsp3) is 0.562. The molecule has 2 aromatic rings. The summed E-state index contributed by atoms with van der Waals surface area (Å²) in [4.78, 5) is 14.7. The molecule has 1 aliphatic carbocycles. The van der Waals surface area contributed by atoms with Gasteiger partial charge in [-0.2, -0.15) is 0 Å². The molecule has 0 unspecified atom stereocenters. The maximum atomic E-state index is 11.8. The van der Waals surface area contributed by atoms with Gasteiger partial charge in [0.05, 0.1) is 16.7 Å². The van der Waals surface area contributed by atoms with Crippen LogP contribution in [0.4, 0.5) is 5.69 Å². The SMILES string of the molecule is Cn1c(=O)[nH]c2cccc(NC3CC4(CCNCC4)C3)c21. The molecule has 5 heteroatoms. The van der Waals surface area contributed by atoms with Crippen LogP contribution in [-0.2, 0) is 7.05 Å². The van der Waals surface area contributed by atoms with E-state index in [0.29, 0.717) is 11.5 Å². The molecule has 2 fully saturated rings. The van der Waals surface area contributed by atoms with Crippen molar-refractivity contribution in [2.45, 2.75) is 31.7 Å². The molecule has 1 saturated carbocycles. The van der Waals surface area contributed by atoms with Crippen LogP contribution in [-0.4, -0.2) is 28.7 Å². The molecule has 1 spiro atoms. The maximum absolute atomic E-state index is 11.8. The maximum Gasteiger partial charge on any atom is 0.326 e. The van der Waals surface area contributed by atoms with Gasteiger partial charge in [0.15, 0.2) is 0 Å². The number of nitrogens with one attached hydrogen (secondary N) is 3. The molecule has 1 saturated heterocycles. The molecule has 1 aromatic heterocycles. The second kappa shape index (κ2) is 4.63. The standard InChI is InChI=1S/C16H22N4O/c1-20-14-12(3-2-4-13(14)19-15(20)21)18-11-9-16(10-11)5-7-17-8-6-16/h2-4,11,17-18H,5-10H2,1H3,(H,19,21). The minimum absolute atomic E-state index is 0.0531. The summed E-state index contributed by atoms with van der Waals surface area (Å²) in [5.41, 5.74) is 3.47. The molecule has 2 aliphatic rings. The molecule has 1 aromatic carbocycles. The zero-order valence-electron chi connectivity index (χ0n) is 12.4. The zero-order valence-corrected chi connectivity index (χ0v) is 12.4. The van der Waals surface area contributed by atoms with E-state index in [4.69, 9.17) is 0 Å². The van der Waals surface area contributed by atoms with Gasteiger partial charge in [0.1, 0.15) is 0 Å². The van der Waals surface area contributed by atoms with Crippen LogP contribution in [0.3, 0.4) is 0 Å². The first-order valence-electron chi connectivity index (χ1n) is 7.82. The lowest BCUT2D eigenvalue weighted by Gasteiger charge is -2.50. The molecular formula is C16H22N4O. The van der Waals surface area contributed by atoms with E-state index in [2.05, 4.69) is 21.7 Å². The molecule has 0 radical (unpaired) electrons. The number of rotatable bonds is 2. The van der Waals surface area contributed by atoms with Gasteiger partial charge >= 0.3 is 5.69 Å². The largest absolute Gasteiger partial charge is 0.381 e. The normalized spacial score (nSPS) is 21.6. The number of H-pyrrole nitrogens is 1. The Hall–Kier alpha value is -1.75. The van der Waals surface area contributed by atoms with E-state index in [1.165, 1.54) is 25.7 Å². The Morgan fingerprint density at radius 1 is 1.29 bits per heavy atom. The number of fused-ring (bicyclic) bond motifs is 1. The van der Waals surface area contributed by atoms with Crippen LogP contribution in [0.25, 0.3) is 11.0 Å². The summed E-state index contributed by atoms with van der Waals surface area (Å²) < 4.78 is 1.69. The van der Waals surface area contributed by atoms with Crippen LogP contribution in [0.15, 0.2) is 23.0 Å². The summed E-state index contributed by atoms with van der Waals surface area (Å²) in [5, 5.41) is 7.09. The fourth-order valence-electron chi connectivity index (χ4n) is 4.10. The minimum Gasteiger partial charge on any atom is -0.381 e. The highest BCUT2D eigenvalue weighted by Crippen LogP contribution is 2.49. The van der Waals surface area contributed by atoms with Gasteiger partial charge in [0.25, 0.3) is 0 Å². The third-order valence-electron chi connectivity index (χ3n) is 5.30. The van der Waals surface area contributed by atoms with Gasteiger partial charge in [0, 0.05) is 13.1 Å². The second-order valence-electron chi connectivity index (χ2n) is 6.69. The van der Waals surface area contributed by atoms with Crippen molar-refractivity contribution < 1.29 is 0 Å². The number of benzene rings is 1. The number of imidazole rings is 1. The molecule has 0 atom stereocenters. The highest BCUT2D eigenvalue weighted by molar-refractivity contribution is 5.88. The molecule has 4 rings (SSSR count). The van der Waals surface area contributed by atoms with Gasteiger partial charge < -0.3 is 15.6 Å². The van der Waals surface area contributed by atoms with Crippen LogP contribution < -0.4 is 16.3 Å². The molecule has 112 valence electrons. The monoisotopic (exact) mass is 286 g/mol. The summed E-state index contributed by atoms with van der Waals surface area (Å²) >= 11 is 0. The number of para-hydroxylation sites is 1. The van der Waals surface area contributed by atoms with Gasteiger partial charge in [-0.05, 0) is 56.3 Å². The summed E-state index contributed by atoms with van der Waals surface area (Å²) in [6, 6.07) is 6.57. The Bertz CT molecular complexity index is 715. The Morgan fingerprint density at radius 3 is 2.81 bits per heavy atom. The zero-order chi connectivity index (χ0) is 14.4. The highest BCUT2D eigenvalue weighted by Gasteiger charge is 2.44. The predicted molar refractivity (Wildman–Crippen MR) is 84.7 cm³/mol. The lowest BCUT2D eigenvalue weighted by Crippen LogP contribution is -2.50. The number of hydrogen-bond donors (Lipinski definition) is 3. The van der Waals surface area contributed by atoms with E-state index in [1.54, 1.807) is 4.57 Å². The number of hydrogen-bond acceptors (Lipinski definition) is 3. The van der Waals surface area contributed by atoms with Crippen LogP contribution in [0.1, 0.15) is 25.7 Å². The van der Waals surface area contributed by atoms with Crippen molar-refractivity contribution in [1.82, 2.24) is 14.9 Å². The Kier molecular flexibility index (Phi) is 2.85. The summed E-state index contributed by atoms with van der Waals surface area (Å²) in [6.07, 6.45) is 5.11. The number of aromatic nitrogens is 2. The van der Waals surface area contributed by atoms with Gasteiger partial charge in [-0.3, -0.25) is 4.57 Å². The second-order valence-corrected chi connectivity index (χ2v) is 6.69. The number of aromatic amines is 1. The van der Waals surface area contributed by atoms with Crippen molar-refractivity contribution in [3.8, 4) is 0 Å². The van der Waals surface area contributed by atoms with E-state index >= 15 is 0 Å². The fourth-order valence-corrected chi connectivity index (χ4v) is 4.10. The molecule has 21 heavy (non-hydrogen) atoms. The minimum atomic E-state index is -0.0531. The van der Waals surface area contributed by atoms with Crippen molar-refractivity contribution in [2.75, 3.05) is 18.4 Å².